The summed E-state index contributed by atoms with van der Waals surface area (Å²) >= 11 is 0. The molecule has 3 aromatic carbocycles. The highest BCUT2D eigenvalue weighted by molar-refractivity contribution is 5.67. The Morgan fingerprint density at radius 2 is 1.52 bits per heavy atom. The lowest BCUT2D eigenvalue weighted by molar-refractivity contribution is -0.136. The van der Waals surface area contributed by atoms with Crippen molar-refractivity contribution in [2.24, 2.45) is 0 Å². The average Bonchev–Trinajstić information content (AvgIpc) is 2.80. The van der Waals surface area contributed by atoms with Crippen molar-refractivity contribution in [2.45, 2.75) is 12.8 Å². The number of carbonyl (C=O) groups is 1. The smallest absolute Gasteiger partial charge is 0.303 e. The average molecular weight is 410 g/mol. The Morgan fingerprint density at radius 3 is 2.23 bits per heavy atom. The van der Waals surface area contributed by atoms with Crippen LogP contribution in [0.5, 0.6) is 11.5 Å². The summed E-state index contributed by atoms with van der Waals surface area (Å²) in [4.78, 5) is 15.4. The number of hydrogen-bond acceptors (Lipinski definition) is 4. The molecule has 0 radical (unpaired) electrons. The van der Waals surface area contributed by atoms with Crippen LogP contribution in [-0.4, -0.2) is 16.1 Å². The molecular weight excluding hydrogens is 388 g/mol. The number of aryl methyl sites for hydroxylation is 1. The van der Waals surface area contributed by atoms with Gasteiger partial charge in [0, 0.05) is 17.7 Å². The third-order valence-corrected chi connectivity index (χ3v) is 4.73. The van der Waals surface area contributed by atoms with Gasteiger partial charge in [0.1, 0.15) is 17.3 Å². The van der Waals surface area contributed by atoms with Gasteiger partial charge < -0.3 is 15.2 Å². The van der Waals surface area contributed by atoms with Crippen LogP contribution in [0.1, 0.15) is 12.0 Å². The fraction of sp³-hybridized carbons (Fsp3) is 0.0769. The lowest BCUT2D eigenvalue weighted by Crippen LogP contribution is -1.97. The number of carboxylic acid groups (broad SMARTS) is 1. The third-order valence-electron chi connectivity index (χ3n) is 4.73. The van der Waals surface area contributed by atoms with E-state index in [-0.39, 0.29) is 6.42 Å². The zero-order valence-electron chi connectivity index (χ0n) is 16.9. The van der Waals surface area contributed by atoms with Crippen molar-refractivity contribution >= 4 is 17.5 Å². The lowest BCUT2D eigenvalue weighted by Gasteiger charge is -2.10. The first kappa shape index (κ1) is 20.2. The zero-order chi connectivity index (χ0) is 21.5. The normalized spacial score (nSPS) is 10.5. The molecule has 0 aliphatic rings. The van der Waals surface area contributed by atoms with Gasteiger partial charge in [-0.1, -0.05) is 48.5 Å². The van der Waals surface area contributed by atoms with Gasteiger partial charge in [0.05, 0.1) is 5.69 Å². The molecule has 0 aliphatic carbocycles. The van der Waals surface area contributed by atoms with Crippen molar-refractivity contribution in [2.75, 3.05) is 5.32 Å². The second-order valence-corrected chi connectivity index (χ2v) is 7.06. The minimum atomic E-state index is -0.788. The molecule has 0 saturated carbocycles. The molecule has 2 N–H and O–H groups in total. The summed E-state index contributed by atoms with van der Waals surface area (Å²) in [5, 5.41) is 12.1. The van der Waals surface area contributed by atoms with E-state index in [9.17, 15) is 4.79 Å². The number of nitrogens with zero attached hydrogens (tertiary/aromatic N) is 1. The minimum Gasteiger partial charge on any atom is -0.481 e. The number of carboxylic acids is 1. The summed E-state index contributed by atoms with van der Waals surface area (Å²) in [6, 6.07) is 31.0. The predicted molar refractivity (Wildman–Crippen MR) is 122 cm³/mol. The van der Waals surface area contributed by atoms with E-state index in [2.05, 4.69) is 5.32 Å². The van der Waals surface area contributed by atoms with Crippen molar-refractivity contribution in [1.29, 1.82) is 0 Å². The highest BCUT2D eigenvalue weighted by Gasteiger charge is 2.04. The molecule has 154 valence electrons. The van der Waals surface area contributed by atoms with Gasteiger partial charge >= 0.3 is 5.97 Å². The maximum atomic E-state index is 10.7. The van der Waals surface area contributed by atoms with E-state index in [4.69, 9.17) is 14.8 Å². The summed E-state index contributed by atoms with van der Waals surface area (Å²) in [6.07, 6.45) is 0.654. The lowest BCUT2D eigenvalue weighted by atomic mass is 10.1. The Bertz CT molecular complexity index is 1140. The molecule has 0 bridgehead atoms. The Hall–Kier alpha value is -4.12. The van der Waals surface area contributed by atoms with Gasteiger partial charge in [0.2, 0.25) is 0 Å². The Morgan fingerprint density at radius 1 is 0.806 bits per heavy atom. The van der Waals surface area contributed by atoms with Crippen LogP contribution in [0.3, 0.4) is 0 Å². The molecule has 31 heavy (non-hydrogen) atoms. The number of aliphatic carboxylic acids is 1. The van der Waals surface area contributed by atoms with Gasteiger partial charge in [-0.3, -0.25) is 4.79 Å². The largest absolute Gasteiger partial charge is 0.481 e. The first-order valence-corrected chi connectivity index (χ1v) is 10.0. The molecule has 1 heterocycles. The van der Waals surface area contributed by atoms with E-state index in [0.29, 0.717) is 6.42 Å². The van der Waals surface area contributed by atoms with Crippen LogP contribution in [0.25, 0.3) is 11.3 Å². The van der Waals surface area contributed by atoms with Gasteiger partial charge in [0.25, 0.3) is 0 Å². The van der Waals surface area contributed by atoms with Crippen molar-refractivity contribution < 1.29 is 14.6 Å². The molecular formula is C26H22N2O3. The van der Waals surface area contributed by atoms with E-state index in [1.54, 1.807) is 0 Å². The maximum absolute atomic E-state index is 10.7. The van der Waals surface area contributed by atoms with Crippen LogP contribution < -0.4 is 10.1 Å². The molecule has 0 unspecified atom stereocenters. The van der Waals surface area contributed by atoms with Crippen LogP contribution in [-0.2, 0) is 11.2 Å². The minimum absolute atomic E-state index is 0.131. The van der Waals surface area contributed by atoms with E-state index in [1.807, 2.05) is 97.1 Å². The zero-order valence-corrected chi connectivity index (χ0v) is 16.9. The quantitative estimate of drug-likeness (QED) is 0.357. The van der Waals surface area contributed by atoms with E-state index < -0.39 is 5.97 Å². The summed E-state index contributed by atoms with van der Waals surface area (Å²) in [5.74, 6) is 1.52. The number of ether oxygens (including phenoxy) is 1. The second kappa shape index (κ2) is 9.59. The number of anilines is 2. The number of benzene rings is 3. The van der Waals surface area contributed by atoms with Crippen LogP contribution in [0, 0.1) is 0 Å². The monoisotopic (exact) mass is 410 g/mol. The third kappa shape index (κ3) is 5.70. The molecule has 0 saturated heterocycles. The number of rotatable bonds is 8. The van der Waals surface area contributed by atoms with Gasteiger partial charge in [-0.2, -0.15) is 0 Å². The van der Waals surface area contributed by atoms with Crippen LogP contribution >= 0.6 is 0 Å². The highest BCUT2D eigenvalue weighted by atomic mass is 16.5. The molecule has 0 amide bonds. The summed E-state index contributed by atoms with van der Waals surface area (Å²) < 4.78 is 5.82. The number of pyridine rings is 1. The van der Waals surface area contributed by atoms with Crippen molar-refractivity contribution in [1.82, 2.24) is 4.98 Å². The topological polar surface area (TPSA) is 71.5 Å². The fourth-order valence-corrected chi connectivity index (χ4v) is 3.14. The first-order valence-electron chi connectivity index (χ1n) is 10.0. The van der Waals surface area contributed by atoms with Crippen LogP contribution in [0.15, 0.2) is 97.1 Å². The van der Waals surface area contributed by atoms with E-state index >= 15 is 0 Å². The fourth-order valence-electron chi connectivity index (χ4n) is 3.14. The number of para-hydroxylation sites is 1. The molecule has 0 aliphatic heterocycles. The Kier molecular flexibility index (Phi) is 6.24. The maximum Gasteiger partial charge on any atom is 0.303 e. The predicted octanol–water partition coefficient (Wildman–Crippen LogP) is 6.30. The van der Waals surface area contributed by atoms with Crippen molar-refractivity contribution in [3.05, 3.63) is 103 Å². The first-order chi connectivity index (χ1) is 15.2. The molecule has 1 aromatic heterocycles. The molecule has 0 spiro atoms. The van der Waals surface area contributed by atoms with Gasteiger partial charge in [-0.15, -0.1) is 0 Å². The van der Waals surface area contributed by atoms with Crippen molar-refractivity contribution in [3.8, 4) is 22.8 Å². The van der Waals surface area contributed by atoms with Crippen LogP contribution in [0.2, 0.25) is 0 Å². The Balaban J connectivity index is 1.42. The van der Waals surface area contributed by atoms with Gasteiger partial charge in [-0.05, 0) is 60.5 Å². The number of aromatic nitrogens is 1. The van der Waals surface area contributed by atoms with Gasteiger partial charge in [0.15, 0.2) is 0 Å². The highest BCUT2D eigenvalue weighted by Crippen LogP contribution is 2.25. The summed E-state index contributed by atoms with van der Waals surface area (Å²) in [7, 11) is 0. The van der Waals surface area contributed by atoms with E-state index in [0.717, 1.165) is 39.8 Å². The molecule has 4 aromatic rings. The molecule has 0 fully saturated rings. The molecule has 0 atom stereocenters. The molecule has 4 rings (SSSR count). The summed E-state index contributed by atoms with van der Waals surface area (Å²) in [6.45, 7) is 0. The van der Waals surface area contributed by atoms with Gasteiger partial charge in [-0.25, -0.2) is 4.98 Å². The molecule has 5 heteroatoms. The SMILES string of the molecule is O=C(O)CCc1ccc(-c2cccc(Nc3ccc(Oc4ccccc4)cc3)n2)cc1. The molecule has 5 nitrogen and oxygen atoms in total. The second-order valence-electron chi connectivity index (χ2n) is 7.06. The Labute approximate surface area is 181 Å². The van der Waals surface area contributed by atoms with E-state index in [1.165, 1.54) is 0 Å². The standard InChI is InChI=1S/C26H22N2O3/c29-26(30)18-11-19-9-12-20(13-10-19)24-7-4-8-25(28-24)27-21-14-16-23(17-15-21)31-22-5-2-1-3-6-22/h1-10,12-17H,11,18H2,(H,27,28)(H,29,30). The van der Waals surface area contributed by atoms with Crippen LogP contribution in [0.4, 0.5) is 11.5 Å². The number of nitrogens with one attached hydrogen (secondary N) is 1. The van der Waals surface area contributed by atoms with Crippen molar-refractivity contribution in [3.63, 3.8) is 0 Å². The summed E-state index contributed by atoms with van der Waals surface area (Å²) in [5.41, 5.74) is 3.74. The number of hydrogen-bond donors (Lipinski definition) is 2.